The molecule has 0 aliphatic rings. The fraction of sp³-hybridized carbons (Fsp3) is 0.0370. The van der Waals surface area contributed by atoms with Gasteiger partial charge < -0.3 is 0 Å². The Kier molecular flexibility index (Phi) is 8.79. The van der Waals surface area contributed by atoms with Gasteiger partial charge in [0.15, 0.2) is 0 Å². The normalized spacial score (nSPS) is 12.8. The molecule has 0 spiro atoms. The Morgan fingerprint density at radius 3 is 1.24 bits per heavy atom. The van der Waals surface area contributed by atoms with Crippen LogP contribution in [-0.2, 0) is 0 Å². The Labute approximate surface area is 317 Å². The average molecular weight is 689 g/mol. The fourth-order valence-corrected chi connectivity index (χ4v) is 8.61. The lowest BCUT2D eigenvalue weighted by molar-refractivity contribution is 1.44. The molecule has 0 heterocycles. The van der Waals surface area contributed by atoms with Crippen molar-refractivity contribution in [3.05, 3.63) is 205 Å². The maximum Gasteiger partial charge on any atom is -0.000718 e. The van der Waals surface area contributed by atoms with Gasteiger partial charge in [-0.05, 0) is 111 Å². The highest BCUT2D eigenvalue weighted by Crippen LogP contribution is 2.55. The zero-order valence-corrected chi connectivity index (χ0v) is 30.5. The lowest BCUT2D eigenvalue weighted by atomic mass is 9.75. The second kappa shape index (κ2) is 14.3. The molecule has 0 radical (unpaired) electrons. The first-order valence-electron chi connectivity index (χ1n) is 18.8. The summed E-state index contributed by atoms with van der Waals surface area (Å²) in [5, 5.41) is 12.7. The largest absolute Gasteiger partial charge is 0.0991 e. The summed E-state index contributed by atoms with van der Waals surface area (Å²) >= 11 is 0. The Morgan fingerprint density at radius 2 is 0.815 bits per heavy atom. The van der Waals surface area contributed by atoms with Crippen molar-refractivity contribution in [2.75, 3.05) is 0 Å². The molecule has 0 atom stereocenters. The number of benzene rings is 9. The predicted molar refractivity (Wildman–Crippen MR) is 236 cm³/mol. The lowest BCUT2D eigenvalue weighted by Crippen LogP contribution is -2.26. The third kappa shape index (κ3) is 5.47. The number of fused-ring (bicyclic) bond motifs is 3. The zero-order valence-electron chi connectivity index (χ0n) is 30.5. The molecule has 0 bridgehead atoms. The molecule has 0 unspecified atom stereocenters. The zero-order chi connectivity index (χ0) is 36.4. The third-order valence-corrected chi connectivity index (χ3v) is 10.7. The molecule has 0 nitrogen and oxygen atoms in total. The smallest absolute Gasteiger partial charge is 0.000718 e. The first-order valence-corrected chi connectivity index (χ1v) is 18.8. The van der Waals surface area contributed by atoms with E-state index in [1.54, 1.807) is 0 Å². The molecule has 9 rings (SSSR count). The van der Waals surface area contributed by atoms with Gasteiger partial charge in [-0.2, -0.15) is 0 Å². The van der Waals surface area contributed by atoms with Crippen LogP contribution >= 0.6 is 0 Å². The van der Waals surface area contributed by atoms with Crippen molar-refractivity contribution in [1.29, 1.82) is 0 Å². The molecule has 0 aliphatic heterocycles. The maximum atomic E-state index is 3.96. The molecule has 9 aromatic rings. The van der Waals surface area contributed by atoms with Gasteiger partial charge in [0.25, 0.3) is 0 Å². The molecule has 0 aromatic heterocycles. The van der Waals surface area contributed by atoms with Crippen molar-refractivity contribution >= 4 is 55.2 Å². The summed E-state index contributed by atoms with van der Waals surface area (Å²) in [4.78, 5) is 0. The number of hydrogen-bond donors (Lipinski definition) is 0. The highest BCUT2D eigenvalue weighted by molar-refractivity contribution is 6.40. The topological polar surface area (TPSA) is 0 Å². The van der Waals surface area contributed by atoms with E-state index in [0.717, 1.165) is 6.42 Å². The fourth-order valence-electron chi connectivity index (χ4n) is 8.61. The lowest BCUT2D eigenvalue weighted by Gasteiger charge is -2.27. The van der Waals surface area contributed by atoms with Crippen LogP contribution in [0.15, 0.2) is 195 Å². The Morgan fingerprint density at radius 1 is 0.407 bits per heavy atom. The molecule has 0 heteroatoms. The van der Waals surface area contributed by atoms with E-state index in [4.69, 9.17) is 0 Å². The molecule has 0 aliphatic carbocycles. The average Bonchev–Trinajstić information content (AvgIpc) is 3.24. The summed E-state index contributed by atoms with van der Waals surface area (Å²) in [6.07, 6.45) is 15.9. The molecule has 256 valence electrons. The molecule has 0 N–H and O–H groups in total. The van der Waals surface area contributed by atoms with E-state index in [-0.39, 0.29) is 0 Å². The van der Waals surface area contributed by atoms with Crippen LogP contribution in [-0.4, -0.2) is 0 Å². The Bertz CT molecular complexity index is 2990. The van der Waals surface area contributed by atoms with Crippen molar-refractivity contribution in [2.45, 2.75) is 13.3 Å². The van der Waals surface area contributed by atoms with E-state index < -0.39 is 0 Å². The molecular formula is C54H40. The van der Waals surface area contributed by atoms with Gasteiger partial charge in [0, 0.05) is 0 Å². The summed E-state index contributed by atoms with van der Waals surface area (Å²) in [5.74, 6) is 0. The van der Waals surface area contributed by atoms with Crippen LogP contribution in [0.4, 0.5) is 0 Å². The van der Waals surface area contributed by atoms with E-state index in [0.29, 0.717) is 0 Å². The van der Waals surface area contributed by atoms with Crippen LogP contribution in [0.2, 0.25) is 0 Å². The summed E-state index contributed by atoms with van der Waals surface area (Å²) in [6.45, 7) is 6.05. The molecule has 9 aromatic carbocycles. The second-order valence-corrected chi connectivity index (χ2v) is 13.8. The maximum absolute atomic E-state index is 3.96. The molecule has 0 fully saturated rings. The number of rotatable bonds is 8. The van der Waals surface area contributed by atoms with Crippen LogP contribution in [0.1, 0.15) is 13.3 Å². The van der Waals surface area contributed by atoms with Crippen molar-refractivity contribution in [2.24, 2.45) is 0 Å². The van der Waals surface area contributed by atoms with Crippen molar-refractivity contribution < 1.29 is 0 Å². The predicted octanol–water partition coefficient (Wildman–Crippen LogP) is 13.7. The van der Waals surface area contributed by atoms with Gasteiger partial charge >= 0.3 is 0 Å². The van der Waals surface area contributed by atoms with E-state index >= 15 is 0 Å². The van der Waals surface area contributed by atoms with Gasteiger partial charge in [0.1, 0.15) is 0 Å². The van der Waals surface area contributed by atoms with Crippen LogP contribution in [0, 0.1) is 0 Å². The van der Waals surface area contributed by atoms with Gasteiger partial charge in [-0.25, -0.2) is 0 Å². The SMILES string of the molecule is C=CC=CC=c1c(=CCC=CC)c2cccc3c4c(-c5ccccc5)c(-c5ccccc5)c(-c5ccccc5)c(-c5ccccc5)c4c4cccc1c4c23. The van der Waals surface area contributed by atoms with E-state index in [9.17, 15) is 0 Å². The molecule has 0 saturated carbocycles. The molecular weight excluding hydrogens is 649 g/mol. The Hall–Kier alpha value is -6.76. The minimum absolute atomic E-state index is 0.857. The molecule has 0 saturated heterocycles. The second-order valence-electron chi connectivity index (χ2n) is 13.8. The number of allylic oxidation sites excluding steroid dienone is 5. The highest BCUT2D eigenvalue weighted by atomic mass is 14.3. The molecule has 0 amide bonds. The van der Waals surface area contributed by atoms with E-state index in [1.807, 2.05) is 12.2 Å². The molecule has 54 heavy (non-hydrogen) atoms. The van der Waals surface area contributed by atoms with E-state index in [2.05, 4.69) is 202 Å². The summed E-state index contributed by atoms with van der Waals surface area (Å²) in [7, 11) is 0. The quantitative estimate of drug-likeness (QED) is 0.0645. The first kappa shape index (κ1) is 33.1. The van der Waals surface area contributed by atoms with Gasteiger partial charge in [0.2, 0.25) is 0 Å². The van der Waals surface area contributed by atoms with Crippen molar-refractivity contribution in [1.82, 2.24) is 0 Å². The van der Waals surface area contributed by atoms with Crippen molar-refractivity contribution in [3.8, 4) is 44.5 Å². The van der Waals surface area contributed by atoms with E-state index in [1.165, 1.54) is 98.0 Å². The monoisotopic (exact) mass is 688 g/mol. The summed E-state index contributed by atoms with van der Waals surface area (Å²) in [6, 6.07) is 58.0. The van der Waals surface area contributed by atoms with Gasteiger partial charge in [-0.3, -0.25) is 0 Å². The van der Waals surface area contributed by atoms with Crippen LogP contribution in [0.5, 0.6) is 0 Å². The highest BCUT2D eigenvalue weighted by Gasteiger charge is 2.28. The standard InChI is InChI=1S/C54H40/c1-3-5-11-31-41-42(32-12-6-4-2)44-34-22-36-46-52(44)51-43(41)33-21-35-45(51)53-49(39-27-17-9-18-28-39)47(37-23-13-7-14-24-37)48(38-25-15-8-16-26-38)50(54(46)53)40-29-19-10-20-30-40/h3-11,13-36H,1,12H2,2H3. The minimum atomic E-state index is 0.857. The van der Waals surface area contributed by atoms with Crippen LogP contribution in [0.3, 0.4) is 0 Å². The van der Waals surface area contributed by atoms with Gasteiger partial charge in [0.05, 0.1) is 0 Å². The number of hydrogen-bond acceptors (Lipinski definition) is 0. The summed E-state index contributed by atoms with van der Waals surface area (Å²) in [5.41, 5.74) is 9.81. The third-order valence-electron chi connectivity index (χ3n) is 10.7. The Balaban J connectivity index is 1.67. The van der Waals surface area contributed by atoms with Gasteiger partial charge in [-0.15, -0.1) is 0 Å². The summed E-state index contributed by atoms with van der Waals surface area (Å²) < 4.78 is 0. The van der Waals surface area contributed by atoms with Crippen molar-refractivity contribution in [3.63, 3.8) is 0 Å². The van der Waals surface area contributed by atoms with Crippen LogP contribution in [0.25, 0.3) is 99.7 Å². The van der Waals surface area contributed by atoms with Crippen LogP contribution < -0.4 is 10.4 Å². The van der Waals surface area contributed by atoms with Gasteiger partial charge in [-0.1, -0.05) is 207 Å². The minimum Gasteiger partial charge on any atom is -0.0991 e. The first-order chi connectivity index (χ1) is 26.8.